The first kappa shape index (κ1) is 26.4. The number of anilines is 3. The average molecular weight is 574 g/mol. The molecule has 1 amide bonds. The molecule has 4 aromatic carbocycles. The SMILES string of the molecule is Cc1ccc2nc(-c3ccc(NC(=O)c4ccc(NC(=S)Nc5ccccc5)cc4)cc3)sc2c1S(=O)(=O)[O-]. The monoisotopic (exact) mass is 573 g/mol. The summed E-state index contributed by atoms with van der Waals surface area (Å²) in [6, 6.07) is 26.8. The van der Waals surface area contributed by atoms with E-state index in [4.69, 9.17) is 12.2 Å². The highest BCUT2D eigenvalue weighted by Crippen LogP contribution is 2.36. The van der Waals surface area contributed by atoms with E-state index < -0.39 is 10.1 Å². The number of thiocarbonyl (C=S) groups is 1. The second-order valence-corrected chi connectivity index (χ2v) is 11.3. The van der Waals surface area contributed by atoms with Crippen molar-refractivity contribution in [1.82, 2.24) is 4.98 Å². The van der Waals surface area contributed by atoms with E-state index in [0.29, 0.717) is 37.2 Å². The molecular weight excluding hydrogens is 553 g/mol. The van der Waals surface area contributed by atoms with Crippen LogP contribution in [0.15, 0.2) is 95.9 Å². The van der Waals surface area contributed by atoms with Crippen LogP contribution < -0.4 is 16.0 Å². The molecule has 11 heteroatoms. The van der Waals surface area contributed by atoms with Crippen LogP contribution in [0, 0.1) is 6.92 Å². The first-order valence-electron chi connectivity index (χ1n) is 11.7. The van der Waals surface area contributed by atoms with Crippen molar-refractivity contribution >= 4 is 72.0 Å². The third-order valence-corrected chi connectivity index (χ3v) is 8.28. The first-order chi connectivity index (χ1) is 18.7. The number of aromatic nitrogens is 1. The van der Waals surface area contributed by atoms with Gasteiger partial charge in [0, 0.05) is 28.2 Å². The molecule has 0 saturated heterocycles. The quantitative estimate of drug-likeness (QED) is 0.161. The van der Waals surface area contributed by atoms with E-state index in [0.717, 1.165) is 28.3 Å². The fourth-order valence-corrected chi connectivity index (χ4v) is 6.44. The molecule has 0 bridgehead atoms. The van der Waals surface area contributed by atoms with Crippen LogP contribution >= 0.6 is 23.6 Å². The van der Waals surface area contributed by atoms with Crippen molar-refractivity contribution in [3.8, 4) is 10.6 Å². The van der Waals surface area contributed by atoms with Gasteiger partial charge in [-0.25, -0.2) is 13.4 Å². The van der Waals surface area contributed by atoms with Crippen LogP contribution in [-0.4, -0.2) is 29.0 Å². The number of benzene rings is 4. The third kappa shape index (κ3) is 6.13. The maximum atomic E-state index is 12.8. The van der Waals surface area contributed by atoms with Gasteiger partial charge in [0.2, 0.25) is 0 Å². The Bertz CT molecular complexity index is 1790. The molecule has 8 nitrogen and oxygen atoms in total. The zero-order valence-electron chi connectivity index (χ0n) is 20.5. The van der Waals surface area contributed by atoms with Gasteiger partial charge < -0.3 is 20.5 Å². The van der Waals surface area contributed by atoms with Crippen molar-refractivity contribution < 1.29 is 17.8 Å². The number of nitrogens with one attached hydrogen (secondary N) is 3. The number of amides is 1. The lowest BCUT2D eigenvalue weighted by Crippen LogP contribution is -2.19. The van der Waals surface area contributed by atoms with Gasteiger partial charge in [0.1, 0.15) is 15.1 Å². The van der Waals surface area contributed by atoms with E-state index >= 15 is 0 Å². The summed E-state index contributed by atoms with van der Waals surface area (Å²) in [6.45, 7) is 1.59. The molecular formula is C28H21N4O4S3-. The predicted octanol–water partition coefficient (Wildman–Crippen LogP) is 6.24. The number of carbonyl (C=O) groups is 1. The minimum Gasteiger partial charge on any atom is -0.744 e. The summed E-state index contributed by atoms with van der Waals surface area (Å²) in [7, 11) is -4.64. The molecule has 0 aliphatic carbocycles. The van der Waals surface area contributed by atoms with E-state index in [1.165, 1.54) is 0 Å². The third-order valence-electron chi connectivity index (χ3n) is 5.79. The summed E-state index contributed by atoms with van der Waals surface area (Å²) >= 11 is 6.48. The second kappa shape index (κ2) is 10.9. The van der Waals surface area contributed by atoms with Crippen LogP contribution in [0.5, 0.6) is 0 Å². The van der Waals surface area contributed by atoms with Crippen molar-refractivity contribution in [3.05, 3.63) is 102 Å². The number of nitrogens with zero attached hydrogens (tertiary/aromatic N) is 1. The molecule has 0 saturated carbocycles. The van der Waals surface area contributed by atoms with Crippen LogP contribution in [-0.2, 0) is 10.1 Å². The smallest absolute Gasteiger partial charge is 0.255 e. The Kier molecular flexibility index (Phi) is 7.40. The van der Waals surface area contributed by atoms with E-state index in [2.05, 4.69) is 20.9 Å². The Balaban J connectivity index is 1.25. The van der Waals surface area contributed by atoms with Crippen molar-refractivity contribution in [2.45, 2.75) is 11.8 Å². The highest BCUT2D eigenvalue weighted by molar-refractivity contribution is 7.86. The van der Waals surface area contributed by atoms with Crippen LogP contribution in [0.3, 0.4) is 0 Å². The van der Waals surface area contributed by atoms with Crippen LogP contribution in [0.1, 0.15) is 15.9 Å². The lowest BCUT2D eigenvalue weighted by atomic mass is 10.1. The Hall–Kier alpha value is -4.16. The van der Waals surface area contributed by atoms with E-state index in [1.54, 1.807) is 67.6 Å². The summed E-state index contributed by atoms with van der Waals surface area (Å²) in [4.78, 5) is 17.0. The number of hydrogen-bond donors (Lipinski definition) is 3. The van der Waals surface area contributed by atoms with Crippen LogP contribution in [0.2, 0.25) is 0 Å². The number of fused-ring (bicyclic) bond motifs is 1. The van der Waals surface area contributed by atoms with Crippen molar-refractivity contribution in [2.24, 2.45) is 0 Å². The zero-order valence-corrected chi connectivity index (χ0v) is 22.9. The summed E-state index contributed by atoms with van der Waals surface area (Å²) < 4.78 is 35.7. The van der Waals surface area contributed by atoms with E-state index in [1.807, 2.05) is 30.3 Å². The Morgan fingerprint density at radius 2 is 1.41 bits per heavy atom. The van der Waals surface area contributed by atoms with E-state index in [-0.39, 0.29) is 10.8 Å². The molecule has 0 fully saturated rings. The van der Waals surface area contributed by atoms with Gasteiger partial charge in [-0.3, -0.25) is 4.79 Å². The molecule has 39 heavy (non-hydrogen) atoms. The van der Waals surface area contributed by atoms with Crippen molar-refractivity contribution in [3.63, 3.8) is 0 Å². The molecule has 0 atom stereocenters. The normalized spacial score (nSPS) is 11.2. The largest absolute Gasteiger partial charge is 0.744 e. The van der Waals surface area contributed by atoms with Crippen LogP contribution in [0.25, 0.3) is 20.8 Å². The standard InChI is InChI=1S/C28H22N4O4S3/c1-17-7-16-23-24(25(17)39(34,35)36)38-27(32-23)19-10-14-21(15-11-19)29-26(33)18-8-12-22(13-9-18)31-28(37)30-20-5-3-2-4-6-20/h2-16H,1H3,(H,29,33)(H2,30,31,37)(H,34,35,36)/p-1. The molecule has 5 rings (SSSR count). The predicted molar refractivity (Wildman–Crippen MR) is 158 cm³/mol. The number of carbonyl (C=O) groups excluding carboxylic acids is 1. The fourth-order valence-electron chi connectivity index (χ4n) is 3.92. The molecule has 0 radical (unpaired) electrons. The molecule has 0 spiro atoms. The van der Waals surface area contributed by atoms with Gasteiger partial charge in [0.25, 0.3) is 5.91 Å². The Morgan fingerprint density at radius 1 is 0.821 bits per heavy atom. The van der Waals surface area contributed by atoms with Gasteiger partial charge in [-0.1, -0.05) is 24.3 Å². The molecule has 0 unspecified atom stereocenters. The van der Waals surface area contributed by atoms with Gasteiger partial charge in [0.05, 0.1) is 15.1 Å². The van der Waals surface area contributed by atoms with Crippen molar-refractivity contribution in [2.75, 3.05) is 16.0 Å². The maximum absolute atomic E-state index is 12.8. The molecule has 196 valence electrons. The zero-order chi connectivity index (χ0) is 27.6. The number of para-hydroxylation sites is 1. The summed E-state index contributed by atoms with van der Waals surface area (Å²) in [5.74, 6) is -0.278. The van der Waals surface area contributed by atoms with Gasteiger partial charge in [-0.15, -0.1) is 11.3 Å². The molecule has 1 aromatic heterocycles. The summed E-state index contributed by atoms with van der Waals surface area (Å²) in [5.41, 5.74) is 4.23. The molecule has 0 aliphatic rings. The first-order valence-corrected chi connectivity index (χ1v) is 14.3. The highest BCUT2D eigenvalue weighted by Gasteiger charge is 2.16. The Morgan fingerprint density at radius 3 is 2.05 bits per heavy atom. The maximum Gasteiger partial charge on any atom is 0.255 e. The number of thiazole rings is 1. The van der Waals surface area contributed by atoms with Gasteiger partial charge in [0.15, 0.2) is 5.11 Å². The van der Waals surface area contributed by atoms with Gasteiger partial charge in [-0.05, 0) is 91.4 Å². The molecule has 3 N–H and O–H groups in total. The van der Waals surface area contributed by atoms with Crippen molar-refractivity contribution in [1.29, 1.82) is 0 Å². The number of aryl methyl sites for hydroxylation is 1. The fraction of sp³-hybridized carbons (Fsp3) is 0.0357. The van der Waals surface area contributed by atoms with Crippen LogP contribution in [0.4, 0.5) is 17.1 Å². The minimum atomic E-state index is -4.64. The summed E-state index contributed by atoms with van der Waals surface area (Å²) in [6.07, 6.45) is 0. The Labute approximate surface area is 234 Å². The molecule has 5 aromatic rings. The second-order valence-electron chi connectivity index (χ2n) is 8.59. The van der Waals surface area contributed by atoms with Gasteiger partial charge >= 0.3 is 0 Å². The minimum absolute atomic E-state index is 0.233. The lowest BCUT2D eigenvalue weighted by molar-refractivity contribution is 0.102. The average Bonchev–Trinajstić information content (AvgIpc) is 3.33. The van der Waals surface area contributed by atoms with Gasteiger partial charge in [-0.2, -0.15) is 0 Å². The lowest BCUT2D eigenvalue weighted by Gasteiger charge is -2.11. The summed E-state index contributed by atoms with van der Waals surface area (Å²) in [5, 5.41) is 10.0. The number of hydrogen-bond acceptors (Lipinski definition) is 7. The number of rotatable bonds is 6. The topological polar surface area (TPSA) is 123 Å². The van der Waals surface area contributed by atoms with E-state index in [9.17, 15) is 17.8 Å². The molecule has 1 heterocycles. The molecule has 0 aliphatic heterocycles. The highest BCUT2D eigenvalue weighted by atomic mass is 32.2.